The fourth-order valence-electron chi connectivity index (χ4n) is 5.08. The molecular weight excluding hydrogens is 465 g/mol. The number of likely N-dealkylation sites (tertiary alicyclic amines) is 1. The SMILES string of the molecule is CC(C)(O)[C@@H](NC(=O)Cc1cc2c(cn1)C(NC(=O)N1CC3COC[C@H]3C1)=NC2)c1ccc(F)cc1. The molecule has 2 aromatic rings. The Balaban J connectivity index is 1.20. The van der Waals surface area contributed by atoms with Gasteiger partial charge in [0.05, 0.1) is 43.5 Å². The molecule has 190 valence electrons. The van der Waals surface area contributed by atoms with Gasteiger partial charge >= 0.3 is 6.03 Å². The molecule has 3 atom stereocenters. The van der Waals surface area contributed by atoms with Gasteiger partial charge in [-0.05, 0) is 43.2 Å². The number of rotatable bonds is 5. The lowest BCUT2D eigenvalue weighted by molar-refractivity contribution is -0.123. The Morgan fingerprint density at radius 2 is 1.92 bits per heavy atom. The minimum absolute atomic E-state index is 0.00136. The number of urea groups is 1. The largest absolute Gasteiger partial charge is 0.388 e. The van der Waals surface area contributed by atoms with Gasteiger partial charge in [0.25, 0.3) is 0 Å². The van der Waals surface area contributed by atoms with Crippen molar-refractivity contribution in [2.75, 3.05) is 26.3 Å². The Bertz CT molecular complexity index is 1180. The number of hydrogen-bond donors (Lipinski definition) is 3. The molecule has 2 fully saturated rings. The Kier molecular flexibility index (Phi) is 6.48. The van der Waals surface area contributed by atoms with Gasteiger partial charge in [-0.2, -0.15) is 0 Å². The molecule has 0 spiro atoms. The number of aliphatic hydroxyl groups is 1. The number of fused-ring (bicyclic) bond motifs is 2. The Hall–Kier alpha value is -3.37. The second-order valence-corrected chi connectivity index (χ2v) is 10.3. The Morgan fingerprint density at radius 1 is 1.22 bits per heavy atom. The van der Waals surface area contributed by atoms with Crippen molar-refractivity contribution in [3.63, 3.8) is 0 Å². The normalized spacial score (nSPS) is 21.6. The summed E-state index contributed by atoms with van der Waals surface area (Å²) < 4.78 is 18.8. The molecule has 10 heteroatoms. The van der Waals surface area contributed by atoms with Crippen LogP contribution in [-0.4, -0.2) is 64.7 Å². The highest BCUT2D eigenvalue weighted by atomic mass is 19.1. The van der Waals surface area contributed by atoms with Crippen LogP contribution in [0, 0.1) is 17.7 Å². The minimum atomic E-state index is -1.26. The van der Waals surface area contributed by atoms with Crippen molar-refractivity contribution in [2.45, 2.75) is 38.5 Å². The minimum Gasteiger partial charge on any atom is -0.388 e. The van der Waals surface area contributed by atoms with E-state index in [2.05, 4.69) is 20.6 Å². The second kappa shape index (κ2) is 9.59. The second-order valence-electron chi connectivity index (χ2n) is 10.3. The molecule has 36 heavy (non-hydrogen) atoms. The first-order valence-electron chi connectivity index (χ1n) is 12.1. The van der Waals surface area contributed by atoms with Crippen molar-refractivity contribution in [1.29, 1.82) is 0 Å². The summed E-state index contributed by atoms with van der Waals surface area (Å²) in [6, 6.07) is 6.60. The number of nitrogens with zero attached hydrogens (tertiary/aromatic N) is 3. The molecule has 3 aliphatic heterocycles. The number of pyridine rings is 1. The van der Waals surface area contributed by atoms with Crippen molar-refractivity contribution in [3.8, 4) is 0 Å². The molecule has 0 aliphatic carbocycles. The van der Waals surface area contributed by atoms with E-state index in [4.69, 9.17) is 4.74 Å². The monoisotopic (exact) mass is 495 g/mol. The van der Waals surface area contributed by atoms with E-state index in [1.54, 1.807) is 32.2 Å². The molecule has 2 saturated heterocycles. The maximum absolute atomic E-state index is 13.3. The zero-order chi connectivity index (χ0) is 25.4. The molecule has 1 unspecified atom stereocenters. The summed E-state index contributed by atoms with van der Waals surface area (Å²) in [5.74, 6) is 0.586. The lowest BCUT2D eigenvalue weighted by atomic mass is 9.91. The van der Waals surface area contributed by atoms with Crippen molar-refractivity contribution in [2.24, 2.45) is 16.8 Å². The predicted octanol–water partition coefficient (Wildman–Crippen LogP) is 1.94. The number of carbonyl (C=O) groups is 2. The van der Waals surface area contributed by atoms with Crippen LogP contribution in [0.25, 0.3) is 0 Å². The molecule has 3 N–H and O–H groups in total. The quantitative estimate of drug-likeness (QED) is 0.586. The first kappa shape index (κ1) is 24.3. The molecule has 3 aliphatic rings. The highest BCUT2D eigenvalue weighted by Crippen LogP contribution is 2.29. The number of amidine groups is 1. The number of aromatic nitrogens is 1. The van der Waals surface area contributed by atoms with Crippen LogP contribution in [0.5, 0.6) is 0 Å². The fraction of sp³-hybridized carbons (Fsp3) is 0.462. The standard InChI is InChI=1S/C26H30FN5O4/c1-26(2,35)23(15-3-5-19(27)6-4-15)30-22(33)8-20-7-16-9-29-24(21(16)10-28-20)31-25(34)32-11-17-13-36-14-18(17)12-32/h3-7,10,17-18,23,35H,8-9,11-14H2,1-2H3,(H,30,33)(H,29,31,34)/t17-,18?,23+/m1/s1. The molecule has 5 rings (SSSR count). The van der Waals surface area contributed by atoms with Gasteiger partial charge < -0.3 is 20.1 Å². The summed E-state index contributed by atoms with van der Waals surface area (Å²) in [6.07, 6.45) is 1.63. The van der Waals surface area contributed by atoms with Gasteiger partial charge in [-0.25, -0.2) is 9.18 Å². The molecule has 3 amide bonds. The van der Waals surface area contributed by atoms with E-state index in [0.29, 0.717) is 61.8 Å². The van der Waals surface area contributed by atoms with E-state index in [1.165, 1.54) is 12.1 Å². The zero-order valence-electron chi connectivity index (χ0n) is 20.3. The van der Waals surface area contributed by atoms with E-state index >= 15 is 0 Å². The number of amides is 3. The highest BCUT2D eigenvalue weighted by Gasteiger charge is 2.39. The topological polar surface area (TPSA) is 116 Å². The molecule has 0 radical (unpaired) electrons. The molecule has 1 aromatic carbocycles. The predicted molar refractivity (Wildman–Crippen MR) is 130 cm³/mol. The molecule has 0 bridgehead atoms. The first-order valence-corrected chi connectivity index (χ1v) is 12.1. The summed E-state index contributed by atoms with van der Waals surface area (Å²) in [5, 5.41) is 16.3. The molecule has 4 heterocycles. The third kappa shape index (κ3) is 5.10. The van der Waals surface area contributed by atoms with Gasteiger partial charge in [-0.15, -0.1) is 0 Å². The number of nitrogens with one attached hydrogen (secondary N) is 2. The average molecular weight is 496 g/mol. The van der Waals surface area contributed by atoms with Crippen LogP contribution in [0.1, 0.15) is 42.3 Å². The number of ether oxygens (including phenoxy) is 1. The van der Waals surface area contributed by atoms with E-state index in [0.717, 1.165) is 11.1 Å². The summed E-state index contributed by atoms with van der Waals surface area (Å²) >= 11 is 0. The van der Waals surface area contributed by atoms with Crippen LogP contribution in [-0.2, 0) is 22.5 Å². The number of aliphatic imine (C=N–C) groups is 1. The van der Waals surface area contributed by atoms with Crippen LogP contribution in [0.4, 0.5) is 9.18 Å². The molecule has 1 aromatic heterocycles. The maximum atomic E-state index is 13.3. The number of halogens is 1. The molecule has 0 saturated carbocycles. The van der Waals surface area contributed by atoms with E-state index in [1.807, 2.05) is 11.0 Å². The van der Waals surface area contributed by atoms with Crippen LogP contribution in [0.2, 0.25) is 0 Å². The van der Waals surface area contributed by atoms with Crippen LogP contribution in [0.15, 0.2) is 41.5 Å². The van der Waals surface area contributed by atoms with Crippen LogP contribution >= 0.6 is 0 Å². The van der Waals surface area contributed by atoms with E-state index < -0.39 is 17.5 Å². The van der Waals surface area contributed by atoms with Gasteiger partial charge in [0.2, 0.25) is 5.91 Å². The summed E-state index contributed by atoms with van der Waals surface area (Å²) in [5.41, 5.74) is 1.52. The van der Waals surface area contributed by atoms with Gasteiger partial charge in [-0.3, -0.25) is 20.1 Å². The Morgan fingerprint density at radius 3 is 2.58 bits per heavy atom. The zero-order valence-corrected chi connectivity index (χ0v) is 20.3. The fourth-order valence-corrected chi connectivity index (χ4v) is 5.08. The smallest absolute Gasteiger partial charge is 0.323 e. The first-order chi connectivity index (χ1) is 17.2. The van der Waals surface area contributed by atoms with Gasteiger partial charge in [-0.1, -0.05) is 12.1 Å². The summed E-state index contributed by atoms with van der Waals surface area (Å²) in [4.78, 5) is 36.3. The van der Waals surface area contributed by atoms with Gasteiger partial charge in [0.15, 0.2) is 0 Å². The van der Waals surface area contributed by atoms with Crippen molar-refractivity contribution in [1.82, 2.24) is 20.5 Å². The Labute approximate surface area is 208 Å². The van der Waals surface area contributed by atoms with Crippen LogP contribution < -0.4 is 10.6 Å². The molecular formula is C26H30FN5O4. The van der Waals surface area contributed by atoms with E-state index in [9.17, 15) is 19.1 Å². The third-order valence-electron chi connectivity index (χ3n) is 7.02. The summed E-state index contributed by atoms with van der Waals surface area (Å²) in [6.45, 7) is 6.36. The number of benzene rings is 1. The molecule has 9 nitrogen and oxygen atoms in total. The summed E-state index contributed by atoms with van der Waals surface area (Å²) in [7, 11) is 0. The highest BCUT2D eigenvalue weighted by molar-refractivity contribution is 6.09. The van der Waals surface area contributed by atoms with E-state index in [-0.39, 0.29) is 18.4 Å². The van der Waals surface area contributed by atoms with Gasteiger partial charge in [0, 0.05) is 36.7 Å². The van der Waals surface area contributed by atoms with Crippen molar-refractivity contribution in [3.05, 3.63) is 64.7 Å². The van der Waals surface area contributed by atoms with Gasteiger partial charge in [0.1, 0.15) is 11.7 Å². The van der Waals surface area contributed by atoms with Crippen LogP contribution in [0.3, 0.4) is 0 Å². The lowest BCUT2D eigenvalue weighted by Crippen LogP contribution is -2.43. The maximum Gasteiger partial charge on any atom is 0.323 e. The third-order valence-corrected chi connectivity index (χ3v) is 7.02. The number of hydrogen-bond acceptors (Lipinski definition) is 6. The number of carbonyl (C=O) groups excluding carboxylic acids is 2. The lowest BCUT2D eigenvalue weighted by Gasteiger charge is -2.30. The average Bonchev–Trinajstić information content (AvgIpc) is 3.53. The van der Waals surface area contributed by atoms with Crippen molar-refractivity contribution < 1.29 is 23.8 Å². The van der Waals surface area contributed by atoms with Crippen molar-refractivity contribution >= 4 is 17.8 Å².